The van der Waals surface area contributed by atoms with Gasteiger partial charge in [0.2, 0.25) is 0 Å². The van der Waals surface area contributed by atoms with E-state index in [1.165, 1.54) is 10.4 Å². The number of thioether (sulfide) groups is 1. The second-order valence-corrected chi connectivity index (χ2v) is 9.92. The van der Waals surface area contributed by atoms with Gasteiger partial charge >= 0.3 is 0 Å². The molecule has 0 radical (unpaired) electrons. The van der Waals surface area contributed by atoms with Crippen molar-refractivity contribution in [2.45, 2.75) is 39.8 Å². The summed E-state index contributed by atoms with van der Waals surface area (Å²) in [6, 6.07) is 8.13. The maximum atomic E-state index is 13.5. The number of aryl methyl sites for hydroxylation is 3. The van der Waals surface area contributed by atoms with E-state index >= 15 is 0 Å². The van der Waals surface area contributed by atoms with Gasteiger partial charge in [-0.15, -0.1) is 11.3 Å². The van der Waals surface area contributed by atoms with Crippen LogP contribution in [0.2, 0.25) is 0 Å². The zero-order valence-electron chi connectivity index (χ0n) is 18.1. The Balaban J connectivity index is 0.00000300. The lowest BCUT2D eigenvalue weighted by atomic mass is 10.2. The molecular weight excluding hydrogens is 513 g/mol. The SMILES string of the molecule is CC[N+](C)(CC)CCSc1nc2sc(C)c(C)c2c(=O)n1-c1ccc(C)cc1.[I-]. The van der Waals surface area contributed by atoms with Crippen LogP contribution in [-0.4, -0.2) is 46.5 Å². The second-order valence-electron chi connectivity index (χ2n) is 7.66. The van der Waals surface area contributed by atoms with E-state index in [0.717, 1.165) is 56.5 Å². The number of rotatable bonds is 7. The minimum Gasteiger partial charge on any atom is -1.00 e. The average Bonchev–Trinajstić information content (AvgIpc) is 2.97. The minimum absolute atomic E-state index is 0. The molecule has 4 nitrogen and oxygen atoms in total. The first-order valence-electron chi connectivity index (χ1n) is 9.85. The van der Waals surface area contributed by atoms with Crippen molar-refractivity contribution in [2.24, 2.45) is 0 Å². The van der Waals surface area contributed by atoms with Gasteiger partial charge in [-0.3, -0.25) is 9.36 Å². The summed E-state index contributed by atoms with van der Waals surface area (Å²) in [4.78, 5) is 20.4. The van der Waals surface area contributed by atoms with Crippen molar-refractivity contribution in [3.05, 3.63) is 50.6 Å². The molecule has 158 valence electrons. The standard InChI is InChI=1S/C22H30N3OS2.HI/c1-7-25(6,8-2)13-14-27-22-23-20-19(16(4)17(5)28-20)21(26)24(22)18-11-9-15(3)10-12-18;/h9-12H,7-8,13-14H2,1-6H3;1H/q+1;/p-1. The Bertz CT molecular complexity index is 1040. The van der Waals surface area contributed by atoms with Gasteiger partial charge in [-0.25, -0.2) is 4.98 Å². The molecule has 0 fully saturated rings. The van der Waals surface area contributed by atoms with E-state index < -0.39 is 0 Å². The molecule has 0 bridgehead atoms. The molecule has 0 saturated heterocycles. The second kappa shape index (κ2) is 9.94. The molecule has 29 heavy (non-hydrogen) atoms. The molecule has 0 aliphatic carbocycles. The molecule has 0 spiro atoms. The number of halogens is 1. The number of fused-ring (bicyclic) bond motifs is 1. The van der Waals surface area contributed by atoms with Gasteiger partial charge in [-0.1, -0.05) is 29.5 Å². The van der Waals surface area contributed by atoms with Gasteiger partial charge in [0.15, 0.2) is 5.16 Å². The van der Waals surface area contributed by atoms with Crippen molar-refractivity contribution in [1.82, 2.24) is 9.55 Å². The molecular formula is C22H30IN3OS2. The maximum Gasteiger partial charge on any atom is 0.267 e. The smallest absolute Gasteiger partial charge is 0.267 e. The summed E-state index contributed by atoms with van der Waals surface area (Å²) in [5.41, 5.74) is 3.16. The summed E-state index contributed by atoms with van der Waals surface area (Å²) >= 11 is 3.31. The number of thiophene rings is 1. The molecule has 3 aromatic rings. The third-order valence-electron chi connectivity index (χ3n) is 5.85. The van der Waals surface area contributed by atoms with Crippen LogP contribution in [0.1, 0.15) is 29.9 Å². The highest BCUT2D eigenvalue weighted by Gasteiger charge is 2.20. The third kappa shape index (κ3) is 5.06. The van der Waals surface area contributed by atoms with Crippen LogP contribution in [0, 0.1) is 20.8 Å². The monoisotopic (exact) mass is 543 g/mol. The molecule has 0 aliphatic heterocycles. The fourth-order valence-electron chi connectivity index (χ4n) is 3.19. The van der Waals surface area contributed by atoms with Crippen LogP contribution in [-0.2, 0) is 0 Å². The number of hydrogen-bond donors (Lipinski definition) is 0. The Morgan fingerprint density at radius 3 is 2.31 bits per heavy atom. The van der Waals surface area contributed by atoms with Crippen molar-refractivity contribution in [2.75, 3.05) is 32.4 Å². The highest BCUT2D eigenvalue weighted by Crippen LogP contribution is 2.29. The van der Waals surface area contributed by atoms with Crippen LogP contribution in [0.3, 0.4) is 0 Å². The Labute approximate surface area is 199 Å². The number of hydrogen-bond acceptors (Lipinski definition) is 4. The number of nitrogens with zero attached hydrogens (tertiary/aromatic N) is 3. The van der Waals surface area contributed by atoms with E-state index in [-0.39, 0.29) is 29.5 Å². The van der Waals surface area contributed by atoms with Gasteiger partial charge in [0.05, 0.1) is 43.5 Å². The minimum atomic E-state index is 0. The Hall–Kier alpha value is -0.900. The lowest BCUT2D eigenvalue weighted by Gasteiger charge is -2.31. The van der Waals surface area contributed by atoms with Gasteiger partial charge in [0.25, 0.3) is 5.56 Å². The van der Waals surface area contributed by atoms with E-state index in [9.17, 15) is 4.79 Å². The summed E-state index contributed by atoms with van der Waals surface area (Å²) in [5, 5.41) is 1.55. The lowest BCUT2D eigenvalue weighted by molar-refractivity contribution is -0.903. The summed E-state index contributed by atoms with van der Waals surface area (Å²) in [6.07, 6.45) is 0. The van der Waals surface area contributed by atoms with Crippen molar-refractivity contribution < 1.29 is 28.5 Å². The van der Waals surface area contributed by atoms with Crippen molar-refractivity contribution >= 4 is 33.3 Å². The van der Waals surface area contributed by atoms with E-state index in [2.05, 4.69) is 34.7 Å². The summed E-state index contributed by atoms with van der Waals surface area (Å²) in [5.74, 6) is 0.936. The molecule has 3 rings (SSSR count). The fraction of sp³-hybridized carbons (Fsp3) is 0.455. The van der Waals surface area contributed by atoms with E-state index in [4.69, 9.17) is 4.98 Å². The third-order valence-corrected chi connectivity index (χ3v) is 7.87. The summed E-state index contributed by atoms with van der Waals surface area (Å²) in [7, 11) is 2.29. The molecule has 0 atom stereocenters. The van der Waals surface area contributed by atoms with Gasteiger partial charge in [-0.05, 0) is 52.3 Å². The van der Waals surface area contributed by atoms with Gasteiger partial charge in [0, 0.05) is 4.88 Å². The van der Waals surface area contributed by atoms with Gasteiger partial charge in [-0.2, -0.15) is 0 Å². The van der Waals surface area contributed by atoms with E-state index in [1.807, 2.05) is 31.2 Å². The van der Waals surface area contributed by atoms with Crippen LogP contribution in [0.4, 0.5) is 0 Å². The molecule has 0 N–H and O–H groups in total. The average molecular weight is 544 g/mol. The Morgan fingerprint density at radius 2 is 1.72 bits per heavy atom. The van der Waals surface area contributed by atoms with Crippen molar-refractivity contribution in [3.8, 4) is 5.69 Å². The summed E-state index contributed by atoms with van der Waals surface area (Å²) < 4.78 is 2.83. The number of quaternary nitrogens is 1. The predicted molar refractivity (Wildman–Crippen MR) is 122 cm³/mol. The topological polar surface area (TPSA) is 34.9 Å². The molecule has 2 aromatic heterocycles. The quantitative estimate of drug-likeness (QED) is 0.198. The largest absolute Gasteiger partial charge is 1.00 e. The molecule has 2 heterocycles. The highest BCUT2D eigenvalue weighted by molar-refractivity contribution is 7.99. The van der Waals surface area contributed by atoms with E-state index in [0.29, 0.717) is 0 Å². The lowest BCUT2D eigenvalue weighted by Crippen LogP contribution is -3.00. The Morgan fingerprint density at radius 1 is 1.10 bits per heavy atom. The molecule has 7 heteroatoms. The van der Waals surface area contributed by atoms with Gasteiger partial charge < -0.3 is 28.5 Å². The highest BCUT2D eigenvalue weighted by atomic mass is 127. The first-order chi connectivity index (χ1) is 13.3. The zero-order chi connectivity index (χ0) is 20.5. The van der Waals surface area contributed by atoms with Crippen LogP contribution in [0.25, 0.3) is 15.9 Å². The predicted octanol–water partition coefficient (Wildman–Crippen LogP) is 1.95. The maximum absolute atomic E-state index is 13.5. The molecule has 1 aromatic carbocycles. The fourth-order valence-corrected chi connectivity index (χ4v) is 5.46. The van der Waals surface area contributed by atoms with Gasteiger partial charge in [0.1, 0.15) is 4.83 Å². The summed E-state index contributed by atoms with van der Waals surface area (Å²) in [6.45, 7) is 13.9. The molecule has 0 saturated carbocycles. The van der Waals surface area contributed by atoms with Crippen LogP contribution < -0.4 is 29.5 Å². The normalized spacial score (nSPS) is 11.7. The number of benzene rings is 1. The number of aromatic nitrogens is 2. The molecule has 0 aliphatic rings. The van der Waals surface area contributed by atoms with Crippen LogP contribution >= 0.6 is 23.1 Å². The molecule has 0 unspecified atom stereocenters. The first-order valence-corrected chi connectivity index (χ1v) is 11.7. The van der Waals surface area contributed by atoms with Crippen LogP contribution in [0.15, 0.2) is 34.2 Å². The Kier molecular flexibility index (Phi) is 8.35. The van der Waals surface area contributed by atoms with Crippen molar-refractivity contribution in [3.63, 3.8) is 0 Å². The molecule has 0 amide bonds. The van der Waals surface area contributed by atoms with Crippen molar-refractivity contribution in [1.29, 1.82) is 0 Å². The van der Waals surface area contributed by atoms with E-state index in [1.54, 1.807) is 27.7 Å². The first kappa shape index (κ1) is 24.4. The van der Waals surface area contributed by atoms with Crippen LogP contribution in [0.5, 0.6) is 0 Å². The zero-order valence-corrected chi connectivity index (χ0v) is 21.9.